The predicted octanol–water partition coefficient (Wildman–Crippen LogP) is 1.62. The van der Waals surface area contributed by atoms with Crippen LogP contribution in [0.5, 0.6) is 0 Å². The summed E-state index contributed by atoms with van der Waals surface area (Å²) in [5.41, 5.74) is 0.961. The van der Waals surface area contributed by atoms with E-state index < -0.39 is 0 Å². The molecular formula is C18H28ClN3O2. The van der Waals surface area contributed by atoms with Gasteiger partial charge in [-0.05, 0) is 44.3 Å². The number of piperidine rings is 1. The average molecular weight is 354 g/mol. The number of rotatable bonds is 7. The highest BCUT2D eigenvalue weighted by atomic mass is 35.5. The fourth-order valence-electron chi connectivity index (χ4n) is 2.95. The summed E-state index contributed by atoms with van der Waals surface area (Å²) in [6.45, 7) is 2.75. The molecule has 1 saturated heterocycles. The van der Waals surface area contributed by atoms with E-state index in [9.17, 15) is 9.59 Å². The summed E-state index contributed by atoms with van der Waals surface area (Å²) in [6.07, 6.45) is 3.61. The van der Waals surface area contributed by atoms with Gasteiger partial charge in [-0.15, -0.1) is 12.4 Å². The number of likely N-dealkylation sites (tertiary alicyclic amines) is 1. The lowest BCUT2D eigenvalue weighted by Crippen LogP contribution is -2.44. The SMILES string of the molecule is CNCCC1CCN(C(=O)CNC(=O)Cc2ccccc2)CC1.Cl. The molecule has 0 spiro atoms. The monoisotopic (exact) mass is 353 g/mol. The van der Waals surface area contributed by atoms with E-state index in [0.29, 0.717) is 12.3 Å². The molecule has 0 aromatic heterocycles. The van der Waals surface area contributed by atoms with Crippen molar-refractivity contribution in [3.05, 3.63) is 35.9 Å². The van der Waals surface area contributed by atoms with Gasteiger partial charge in [0, 0.05) is 13.1 Å². The number of hydrogen-bond acceptors (Lipinski definition) is 3. The van der Waals surface area contributed by atoms with Gasteiger partial charge in [0.05, 0.1) is 13.0 Å². The molecule has 0 aliphatic carbocycles. The summed E-state index contributed by atoms with van der Waals surface area (Å²) >= 11 is 0. The first kappa shape index (κ1) is 20.5. The molecule has 134 valence electrons. The summed E-state index contributed by atoms with van der Waals surface area (Å²) in [4.78, 5) is 25.9. The van der Waals surface area contributed by atoms with Crippen molar-refractivity contribution < 1.29 is 9.59 Å². The Kier molecular flexibility index (Phi) is 9.42. The van der Waals surface area contributed by atoms with Gasteiger partial charge in [-0.3, -0.25) is 9.59 Å². The zero-order chi connectivity index (χ0) is 16.5. The van der Waals surface area contributed by atoms with Gasteiger partial charge >= 0.3 is 0 Å². The molecule has 0 atom stereocenters. The van der Waals surface area contributed by atoms with Crippen molar-refractivity contribution >= 4 is 24.2 Å². The van der Waals surface area contributed by atoms with Gasteiger partial charge in [0.1, 0.15) is 0 Å². The van der Waals surface area contributed by atoms with Crippen LogP contribution in [0.2, 0.25) is 0 Å². The minimum absolute atomic E-state index is 0. The Hall–Kier alpha value is -1.59. The summed E-state index contributed by atoms with van der Waals surface area (Å²) in [7, 11) is 1.97. The number of nitrogens with one attached hydrogen (secondary N) is 2. The molecule has 1 aliphatic heterocycles. The molecule has 2 amide bonds. The normalized spacial score (nSPS) is 14.8. The number of halogens is 1. The van der Waals surface area contributed by atoms with E-state index in [0.717, 1.165) is 38.0 Å². The average Bonchev–Trinajstić information content (AvgIpc) is 2.59. The van der Waals surface area contributed by atoms with E-state index in [1.807, 2.05) is 42.3 Å². The Morgan fingerprint density at radius 3 is 2.46 bits per heavy atom. The van der Waals surface area contributed by atoms with Crippen molar-refractivity contribution in [1.29, 1.82) is 0 Å². The quantitative estimate of drug-likeness (QED) is 0.783. The lowest BCUT2D eigenvalue weighted by Gasteiger charge is -2.32. The Balaban J connectivity index is 0.00000288. The highest BCUT2D eigenvalue weighted by Crippen LogP contribution is 2.19. The number of amides is 2. The van der Waals surface area contributed by atoms with Crippen molar-refractivity contribution in [1.82, 2.24) is 15.5 Å². The van der Waals surface area contributed by atoms with Crippen molar-refractivity contribution in [3.63, 3.8) is 0 Å². The molecule has 1 fully saturated rings. The van der Waals surface area contributed by atoms with Crippen LogP contribution in [-0.4, -0.2) is 49.9 Å². The van der Waals surface area contributed by atoms with Crippen LogP contribution in [0.25, 0.3) is 0 Å². The topological polar surface area (TPSA) is 61.4 Å². The van der Waals surface area contributed by atoms with Gasteiger partial charge in [-0.1, -0.05) is 30.3 Å². The number of benzene rings is 1. The molecule has 1 aromatic carbocycles. The van der Waals surface area contributed by atoms with Gasteiger partial charge in [0.15, 0.2) is 0 Å². The molecule has 6 heteroatoms. The maximum Gasteiger partial charge on any atom is 0.241 e. The predicted molar refractivity (Wildman–Crippen MR) is 98.3 cm³/mol. The molecule has 1 aromatic rings. The number of carbonyl (C=O) groups excluding carboxylic acids is 2. The first-order valence-corrected chi connectivity index (χ1v) is 8.42. The standard InChI is InChI=1S/C18H27N3O2.ClH/c1-19-10-7-15-8-11-21(12-9-15)18(23)14-20-17(22)13-16-5-3-2-4-6-16;/h2-6,15,19H,7-14H2,1H3,(H,20,22);1H. The van der Waals surface area contributed by atoms with Crippen LogP contribution in [0.15, 0.2) is 30.3 Å². The van der Waals surface area contributed by atoms with Crippen LogP contribution < -0.4 is 10.6 Å². The van der Waals surface area contributed by atoms with E-state index in [2.05, 4.69) is 10.6 Å². The number of hydrogen-bond donors (Lipinski definition) is 2. The van der Waals surface area contributed by atoms with Crippen molar-refractivity contribution in [2.45, 2.75) is 25.7 Å². The van der Waals surface area contributed by atoms with E-state index in [4.69, 9.17) is 0 Å². The smallest absolute Gasteiger partial charge is 0.241 e. The Labute approximate surface area is 150 Å². The first-order valence-electron chi connectivity index (χ1n) is 8.42. The van der Waals surface area contributed by atoms with E-state index in [-0.39, 0.29) is 30.8 Å². The molecular weight excluding hydrogens is 326 g/mol. The molecule has 5 nitrogen and oxygen atoms in total. The highest BCUT2D eigenvalue weighted by molar-refractivity contribution is 5.86. The van der Waals surface area contributed by atoms with Crippen LogP contribution in [-0.2, 0) is 16.0 Å². The second-order valence-corrected chi connectivity index (χ2v) is 6.16. The van der Waals surface area contributed by atoms with Gasteiger partial charge < -0.3 is 15.5 Å². The fraction of sp³-hybridized carbons (Fsp3) is 0.556. The molecule has 2 rings (SSSR count). The van der Waals surface area contributed by atoms with Crippen LogP contribution in [0, 0.1) is 5.92 Å². The minimum atomic E-state index is -0.103. The zero-order valence-electron chi connectivity index (χ0n) is 14.3. The maximum absolute atomic E-state index is 12.2. The highest BCUT2D eigenvalue weighted by Gasteiger charge is 2.22. The van der Waals surface area contributed by atoms with Crippen molar-refractivity contribution in [2.75, 3.05) is 33.2 Å². The molecule has 0 bridgehead atoms. The van der Waals surface area contributed by atoms with Crippen LogP contribution in [0.1, 0.15) is 24.8 Å². The third-order valence-electron chi connectivity index (χ3n) is 4.41. The van der Waals surface area contributed by atoms with E-state index in [1.165, 1.54) is 6.42 Å². The van der Waals surface area contributed by atoms with E-state index in [1.54, 1.807) is 0 Å². The fourth-order valence-corrected chi connectivity index (χ4v) is 2.95. The maximum atomic E-state index is 12.2. The van der Waals surface area contributed by atoms with Crippen LogP contribution >= 0.6 is 12.4 Å². The van der Waals surface area contributed by atoms with Gasteiger partial charge in [0.2, 0.25) is 11.8 Å². The lowest BCUT2D eigenvalue weighted by molar-refractivity contribution is -0.133. The first-order chi connectivity index (χ1) is 11.2. The van der Waals surface area contributed by atoms with Crippen molar-refractivity contribution in [2.24, 2.45) is 5.92 Å². The number of nitrogens with zero attached hydrogens (tertiary/aromatic N) is 1. The third-order valence-corrected chi connectivity index (χ3v) is 4.41. The Morgan fingerprint density at radius 2 is 1.83 bits per heavy atom. The van der Waals surface area contributed by atoms with Crippen LogP contribution in [0.3, 0.4) is 0 Å². The summed E-state index contributed by atoms with van der Waals surface area (Å²) < 4.78 is 0. The molecule has 0 saturated carbocycles. The second kappa shape index (κ2) is 11.0. The second-order valence-electron chi connectivity index (χ2n) is 6.16. The van der Waals surface area contributed by atoms with Gasteiger partial charge in [-0.25, -0.2) is 0 Å². The minimum Gasteiger partial charge on any atom is -0.347 e. The summed E-state index contributed by atoms with van der Waals surface area (Å²) in [5, 5.41) is 5.91. The largest absolute Gasteiger partial charge is 0.347 e. The summed E-state index contributed by atoms with van der Waals surface area (Å²) in [5.74, 6) is 0.631. The lowest BCUT2D eigenvalue weighted by atomic mass is 9.93. The molecule has 2 N–H and O–H groups in total. The Bertz CT molecular complexity index is 502. The summed E-state index contributed by atoms with van der Waals surface area (Å²) in [6, 6.07) is 9.57. The molecule has 0 unspecified atom stereocenters. The van der Waals surface area contributed by atoms with Crippen LogP contribution in [0.4, 0.5) is 0 Å². The van der Waals surface area contributed by atoms with Gasteiger partial charge in [0.25, 0.3) is 0 Å². The van der Waals surface area contributed by atoms with Crippen molar-refractivity contribution in [3.8, 4) is 0 Å². The third kappa shape index (κ3) is 6.89. The Morgan fingerprint density at radius 1 is 1.17 bits per heavy atom. The molecule has 0 radical (unpaired) electrons. The molecule has 24 heavy (non-hydrogen) atoms. The molecule has 1 heterocycles. The number of carbonyl (C=O) groups is 2. The zero-order valence-corrected chi connectivity index (χ0v) is 15.1. The van der Waals surface area contributed by atoms with Gasteiger partial charge in [-0.2, -0.15) is 0 Å². The molecule has 1 aliphatic rings. The van der Waals surface area contributed by atoms with E-state index >= 15 is 0 Å².